The fourth-order valence-electron chi connectivity index (χ4n) is 1.16. The third-order valence-electron chi connectivity index (χ3n) is 2.22. The van der Waals surface area contributed by atoms with Crippen LogP contribution in [0.5, 0.6) is 5.75 Å². The summed E-state index contributed by atoms with van der Waals surface area (Å²) in [5, 5.41) is 11.0. The molecule has 0 saturated heterocycles. The maximum atomic E-state index is 11.6. The molecule has 6 heteroatoms. The van der Waals surface area contributed by atoms with E-state index in [0.29, 0.717) is 5.75 Å². The monoisotopic (exact) mass is 315 g/mol. The molecule has 0 fully saturated rings. The zero-order valence-corrected chi connectivity index (χ0v) is 11.6. The molecule has 2 atom stereocenters. The van der Waals surface area contributed by atoms with Crippen LogP contribution in [0.3, 0.4) is 0 Å². The number of halogens is 1. The number of benzene rings is 1. The summed E-state index contributed by atoms with van der Waals surface area (Å²) in [6.07, 6.45) is -0.757. The van der Waals surface area contributed by atoms with Crippen molar-refractivity contribution in [1.82, 2.24) is 5.32 Å². The lowest BCUT2D eigenvalue weighted by atomic mass is 10.3. The second kappa shape index (κ2) is 6.39. The van der Waals surface area contributed by atoms with Crippen molar-refractivity contribution in [2.45, 2.75) is 26.0 Å². The summed E-state index contributed by atoms with van der Waals surface area (Å²) in [7, 11) is 0. The maximum Gasteiger partial charge on any atom is 0.325 e. The van der Waals surface area contributed by atoms with Crippen LogP contribution in [0.15, 0.2) is 28.7 Å². The molecule has 0 aliphatic carbocycles. The molecule has 0 aliphatic rings. The van der Waals surface area contributed by atoms with Crippen LogP contribution in [0.2, 0.25) is 0 Å². The molecule has 2 N–H and O–H groups in total. The van der Waals surface area contributed by atoms with Gasteiger partial charge in [-0.25, -0.2) is 0 Å². The van der Waals surface area contributed by atoms with Gasteiger partial charge in [0.2, 0.25) is 0 Å². The highest BCUT2D eigenvalue weighted by molar-refractivity contribution is 9.10. The second-order valence-electron chi connectivity index (χ2n) is 3.78. The Morgan fingerprint density at radius 2 is 1.83 bits per heavy atom. The minimum atomic E-state index is -1.08. The van der Waals surface area contributed by atoms with Gasteiger partial charge < -0.3 is 15.2 Å². The molecule has 0 spiro atoms. The van der Waals surface area contributed by atoms with Crippen molar-refractivity contribution < 1.29 is 19.4 Å². The van der Waals surface area contributed by atoms with E-state index in [0.717, 1.165) is 4.47 Å². The lowest BCUT2D eigenvalue weighted by Crippen LogP contribution is -2.44. The number of hydrogen-bond donors (Lipinski definition) is 2. The highest BCUT2D eigenvalue weighted by Crippen LogP contribution is 2.17. The Morgan fingerprint density at radius 3 is 2.33 bits per heavy atom. The molecule has 98 valence electrons. The number of nitrogens with one attached hydrogen (secondary N) is 1. The van der Waals surface area contributed by atoms with E-state index in [2.05, 4.69) is 21.2 Å². The van der Waals surface area contributed by atoms with Gasteiger partial charge in [0, 0.05) is 4.47 Å². The summed E-state index contributed by atoms with van der Waals surface area (Å²) in [5.41, 5.74) is 0. The van der Waals surface area contributed by atoms with Crippen LogP contribution in [0.1, 0.15) is 13.8 Å². The van der Waals surface area contributed by atoms with E-state index in [-0.39, 0.29) is 0 Å². The van der Waals surface area contributed by atoms with Gasteiger partial charge in [0.05, 0.1) is 0 Å². The number of carbonyl (C=O) groups excluding carboxylic acids is 1. The Labute approximate surface area is 113 Å². The van der Waals surface area contributed by atoms with Crippen molar-refractivity contribution in [3.63, 3.8) is 0 Å². The van der Waals surface area contributed by atoms with Crippen molar-refractivity contribution in [2.24, 2.45) is 0 Å². The number of carboxylic acids is 1. The van der Waals surface area contributed by atoms with Crippen LogP contribution in [0.4, 0.5) is 0 Å². The molecule has 0 aliphatic heterocycles. The van der Waals surface area contributed by atoms with E-state index in [1.54, 1.807) is 31.2 Å². The van der Waals surface area contributed by atoms with E-state index >= 15 is 0 Å². The normalized spacial score (nSPS) is 13.5. The molecule has 18 heavy (non-hydrogen) atoms. The summed E-state index contributed by atoms with van der Waals surface area (Å²) in [6.45, 7) is 2.96. The van der Waals surface area contributed by atoms with Crippen LogP contribution >= 0.6 is 15.9 Å². The van der Waals surface area contributed by atoms with Gasteiger partial charge in [0.1, 0.15) is 11.8 Å². The van der Waals surface area contributed by atoms with Gasteiger partial charge in [-0.1, -0.05) is 15.9 Å². The number of hydrogen-bond acceptors (Lipinski definition) is 3. The van der Waals surface area contributed by atoms with E-state index < -0.39 is 24.0 Å². The molecule has 5 nitrogen and oxygen atoms in total. The predicted octanol–water partition coefficient (Wildman–Crippen LogP) is 1.81. The summed E-state index contributed by atoms with van der Waals surface area (Å²) >= 11 is 3.29. The Kier molecular flexibility index (Phi) is 5.15. The lowest BCUT2D eigenvalue weighted by Gasteiger charge is -2.16. The molecule has 1 rings (SSSR count). The smallest absolute Gasteiger partial charge is 0.325 e. The summed E-state index contributed by atoms with van der Waals surface area (Å²) in [5.74, 6) is -1.00. The van der Waals surface area contributed by atoms with Crippen LogP contribution in [0.25, 0.3) is 0 Å². The molecular weight excluding hydrogens is 302 g/mol. The third-order valence-corrected chi connectivity index (χ3v) is 2.75. The van der Waals surface area contributed by atoms with Crippen LogP contribution in [-0.4, -0.2) is 29.1 Å². The summed E-state index contributed by atoms with van der Waals surface area (Å²) in [6, 6.07) is 6.08. The van der Waals surface area contributed by atoms with Crippen LogP contribution in [-0.2, 0) is 9.59 Å². The van der Waals surface area contributed by atoms with E-state index in [1.165, 1.54) is 6.92 Å². The first kappa shape index (κ1) is 14.5. The van der Waals surface area contributed by atoms with Gasteiger partial charge in [-0.3, -0.25) is 9.59 Å². The fourth-order valence-corrected chi connectivity index (χ4v) is 1.43. The summed E-state index contributed by atoms with van der Waals surface area (Å²) in [4.78, 5) is 22.2. The van der Waals surface area contributed by atoms with E-state index in [1.807, 2.05) is 0 Å². The maximum absolute atomic E-state index is 11.6. The van der Waals surface area contributed by atoms with Crippen LogP contribution in [0, 0.1) is 0 Å². The Morgan fingerprint density at radius 1 is 1.28 bits per heavy atom. The molecular formula is C12H14BrNO4. The Hall–Kier alpha value is -1.56. The van der Waals surface area contributed by atoms with Gasteiger partial charge in [-0.15, -0.1) is 0 Å². The number of carboxylic acid groups (broad SMARTS) is 1. The number of ether oxygens (including phenoxy) is 1. The zero-order valence-electron chi connectivity index (χ0n) is 10.0. The molecule has 1 amide bonds. The predicted molar refractivity (Wildman–Crippen MR) is 69.5 cm³/mol. The first-order valence-electron chi connectivity index (χ1n) is 5.35. The minimum Gasteiger partial charge on any atom is -0.481 e. The van der Waals surface area contributed by atoms with Crippen molar-refractivity contribution in [2.75, 3.05) is 0 Å². The third kappa shape index (κ3) is 4.37. The highest BCUT2D eigenvalue weighted by Gasteiger charge is 2.20. The minimum absolute atomic E-state index is 0.465. The zero-order chi connectivity index (χ0) is 13.7. The molecule has 0 radical (unpaired) electrons. The molecule has 0 bridgehead atoms. The first-order valence-corrected chi connectivity index (χ1v) is 6.15. The standard InChI is InChI=1S/C12H14BrNO4/c1-7(12(16)17)14-11(15)8(2)18-10-5-3-9(13)4-6-10/h3-8H,1-2H3,(H,14,15)(H,16,17)/t7-,8?/m1/s1. The number of rotatable bonds is 5. The van der Waals surface area contributed by atoms with Gasteiger partial charge in [0.25, 0.3) is 5.91 Å². The number of aliphatic carboxylic acids is 1. The molecule has 1 aromatic carbocycles. The average molecular weight is 316 g/mol. The molecule has 1 unspecified atom stereocenters. The molecule has 0 aromatic heterocycles. The van der Waals surface area contributed by atoms with Gasteiger partial charge in [-0.2, -0.15) is 0 Å². The summed E-state index contributed by atoms with van der Waals surface area (Å²) < 4.78 is 6.29. The Bertz CT molecular complexity index is 432. The van der Waals surface area contributed by atoms with E-state index in [9.17, 15) is 9.59 Å². The van der Waals surface area contributed by atoms with Crippen molar-refractivity contribution >= 4 is 27.8 Å². The lowest BCUT2D eigenvalue weighted by molar-refractivity contribution is -0.142. The van der Waals surface area contributed by atoms with Gasteiger partial charge in [0.15, 0.2) is 6.10 Å². The van der Waals surface area contributed by atoms with Crippen molar-refractivity contribution in [3.05, 3.63) is 28.7 Å². The second-order valence-corrected chi connectivity index (χ2v) is 4.70. The van der Waals surface area contributed by atoms with Crippen molar-refractivity contribution in [3.8, 4) is 5.75 Å². The Balaban J connectivity index is 2.54. The topological polar surface area (TPSA) is 75.6 Å². The largest absolute Gasteiger partial charge is 0.481 e. The first-order chi connectivity index (χ1) is 8.40. The fraction of sp³-hybridized carbons (Fsp3) is 0.333. The number of carbonyl (C=O) groups is 2. The van der Waals surface area contributed by atoms with Gasteiger partial charge >= 0.3 is 5.97 Å². The highest BCUT2D eigenvalue weighted by atomic mass is 79.9. The molecule has 1 aromatic rings. The molecule has 0 heterocycles. The average Bonchev–Trinajstić information content (AvgIpc) is 2.31. The van der Waals surface area contributed by atoms with E-state index in [4.69, 9.17) is 9.84 Å². The van der Waals surface area contributed by atoms with Gasteiger partial charge in [-0.05, 0) is 38.1 Å². The van der Waals surface area contributed by atoms with Crippen molar-refractivity contribution in [1.29, 1.82) is 0 Å². The van der Waals surface area contributed by atoms with Crippen LogP contribution < -0.4 is 10.1 Å². The number of amides is 1. The molecule has 0 saturated carbocycles. The quantitative estimate of drug-likeness (QED) is 0.869. The SMILES string of the molecule is CC(Oc1ccc(Br)cc1)C(=O)N[C@H](C)C(=O)O.